The van der Waals surface area contributed by atoms with Crippen molar-refractivity contribution >= 4 is 17.8 Å². The van der Waals surface area contributed by atoms with Crippen molar-refractivity contribution in [1.29, 1.82) is 0 Å². The monoisotopic (exact) mass is 489 g/mol. The zero-order valence-electron chi connectivity index (χ0n) is 20.0. The van der Waals surface area contributed by atoms with Gasteiger partial charge in [0.2, 0.25) is 17.9 Å². The number of likely N-dealkylation sites (tertiary alicyclic amines) is 2. The second-order valence-corrected chi connectivity index (χ2v) is 9.51. The van der Waals surface area contributed by atoms with Gasteiger partial charge in [-0.05, 0) is 17.5 Å². The summed E-state index contributed by atoms with van der Waals surface area (Å²) < 4.78 is 5.21. The fourth-order valence-electron chi connectivity index (χ4n) is 6.31. The molecule has 2 aromatic rings. The highest BCUT2D eigenvalue weighted by Gasteiger charge is 2.64. The standard InChI is InChI=1S/C27H27N3O6/c1-28-25(31)18-14-9-15-19(21(18)26(28)32)29-22(17-12-7-4-8-13-17)23(30(34)35)20(24(29)27(33)36-2)16-10-5-3-6-11-16/h3-13,15,18-24H,14H2,1-2H3/t18-,19+,20+,21-,22-,23+,24-/m0/s1. The van der Waals surface area contributed by atoms with Crippen LogP contribution in [-0.2, 0) is 19.1 Å². The van der Waals surface area contributed by atoms with Crippen molar-refractivity contribution in [3.05, 3.63) is 94.1 Å². The molecule has 5 rings (SSSR count). The number of rotatable bonds is 5. The van der Waals surface area contributed by atoms with E-state index in [1.54, 1.807) is 53.4 Å². The summed E-state index contributed by atoms with van der Waals surface area (Å²) in [4.78, 5) is 54.8. The summed E-state index contributed by atoms with van der Waals surface area (Å²) in [6.07, 6.45) is 4.06. The predicted octanol–water partition coefficient (Wildman–Crippen LogP) is 2.57. The molecule has 186 valence electrons. The highest BCUT2D eigenvalue weighted by molar-refractivity contribution is 6.05. The van der Waals surface area contributed by atoms with E-state index in [0.29, 0.717) is 17.5 Å². The number of carbonyl (C=O) groups excluding carboxylic acids is 3. The summed E-state index contributed by atoms with van der Waals surface area (Å²) in [7, 11) is 2.72. The van der Waals surface area contributed by atoms with Gasteiger partial charge in [0.15, 0.2) is 0 Å². The van der Waals surface area contributed by atoms with Gasteiger partial charge >= 0.3 is 5.97 Å². The highest BCUT2D eigenvalue weighted by atomic mass is 16.6. The van der Waals surface area contributed by atoms with Gasteiger partial charge in [0.1, 0.15) is 12.1 Å². The number of hydrogen-bond acceptors (Lipinski definition) is 7. The Morgan fingerprint density at radius 2 is 1.58 bits per heavy atom. The number of carbonyl (C=O) groups is 3. The summed E-state index contributed by atoms with van der Waals surface area (Å²) in [6.45, 7) is 0. The molecular formula is C27H27N3O6. The van der Waals surface area contributed by atoms with Gasteiger partial charge in [0.05, 0.1) is 24.9 Å². The molecule has 2 aliphatic heterocycles. The van der Waals surface area contributed by atoms with Crippen LogP contribution in [0.1, 0.15) is 29.5 Å². The van der Waals surface area contributed by atoms with Crippen molar-refractivity contribution in [3.8, 4) is 0 Å². The Hall–Kier alpha value is -3.85. The normalized spacial score (nSPS) is 31.9. The van der Waals surface area contributed by atoms with E-state index in [1.165, 1.54) is 14.2 Å². The minimum atomic E-state index is -1.20. The minimum Gasteiger partial charge on any atom is -0.468 e. The summed E-state index contributed by atoms with van der Waals surface area (Å²) in [5, 5.41) is 12.7. The molecule has 9 nitrogen and oxygen atoms in total. The molecule has 3 aliphatic rings. The Kier molecular flexibility index (Phi) is 6.17. The van der Waals surface area contributed by atoms with Crippen LogP contribution in [0.25, 0.3) is 0 Å². The lowest BCUT2D eigenvalue weighted by atomic mass is 9.80. The number of amides is 2. The second kappa shape index (κ2) is 9.31. The number of imide groups is 1. The topological polar surface area (TPSA) is 110 Å². The van der Waals surface area contributed by atoms with Crippen molar-refractivity contribution < 1.29 is 24.0 Å². The van der Waals surface area contributed by atoms with Crippen molar-refractivity contribution in [2.24, 2.45) is 11.8 Å². The van der Waals surface area contributed by atoms with Crippen molar-refractivity contribution in [1.82, 2.24) is 9.80 Å². The number of benzene rings is 2. The molecule has 9 heteroatoms. The van der Waals surface area contributed by atoms with Crippen LogP contribution in [0.2, 0.25) is 0 Å². The number of ether oxygens (including phenoxy) is 1. The highest BCUT2D eigenvalue weighted by Crippen LogP contribution is 2.51. The fraction of sp³-hybridized carbons (Fsp3) is 0.370. The van der Waals surface area contributed by atoms with Crippen LogP contribution in [-0.4, -0.2) is 64.8 Å². The maximum absolute atomic E-state index is 13.4. The molecule has 36 heavy (non-hydrogen) atoms. The maximum Gasteiger partial charge on any atom is 0.324 e. The number of nitrogens with zero attached hydrogens (tertiary/aromatic N) is 3. The van der Waals surface area contributed by atoms with Crippen molar-refractivity contribution in [2.45, 2.75) is 36.5 Å². The number of hydrogen-bond donors (Lipinski definition) is 0. The third-order valence-electron chi connectivity index (χ3n) is 7.82. The van der Waals surface area contributed by atoms with Gasteiger partial charge in [0.25, 0.3) is 0 Å². The molecule has 2 aromatic carbocycles. The molecule has 0 aromatic heterocycles. The smallest absolute Gasteiger partial charge is 0.324 e. The fourth-order valence-corrected chi connectivity index (χ4v) is 6.31. The first-order valence-corrected chi connectivity index (χ1v) is 11.9. The molecule has 0 N–H and O–H groups in total. The Bertz CT molecular complexity index is 1220. The van der Waals surface area contributed by atoms with Crippen LogP contribution in [0, 0.1) is 22.0 Å². The molecule has 0 saturated carbocycles. The summed E-state index contributed by atoms with van der Waals surface area (Å²) in [6, 6.07) is 14.2. The van der Waals surface area contributed by atoms with E-state index in [-0.39, 0.29) is 16.7 Å². The average molecular weight is 490 g/mol. The lowest BCUT2D eigenvalue weighted by molar-refractivity contribution is -0.529. The first-order chi connectivity index (χ1) is 17.4. The van der Waals surface area contributed by atoms with E-state index in [9.17, 15) is 24.5 Å². The molecule has 0 bridgehead atoms. The minimum absolute atomic E-state index is 0.269. The van der Waals surface area contributed by atoms with Crippen LogP contribution in [0.4, 0.5) is 0 Å². The molecule has 2 saturated heterocycles. The molecule has 2 amide bonds. The van der Waals surface area contributed by atoms with Gasteiger partial charge in [-0.3, -0.25) is 34.3 Å². The molecule has 1 aliphatic carbocycles. The van der Waals surface area contributed by atoms with Gasteiger partial charge in [-0.25, -0.2) is 0 Å². The van der Waals surface area contributed by atoms with Crippen molar-refractivity contribution in [3.63, 3.8) is 0 Å². The van der Waals surface area contributed by atoms with E-state index in [1.807, 2.05) is 24.3 Å². The van der Waals surface area contributed by atoms with Crippen LogP contribution in [0.15, 0.2) is 72.8 Å². The molecule has 2 heterocycles. The van der Waals surface area contributed by atoms with Crippen LogP contribution >= 0.6 is 0 Å². The number of fused-ring (bicyclic) bond motifs is 1. The van der Waals surface area contributed by atoms with Gasteiger partial charge < -0.3 is 4.74 Å². The van der Waals surface area contributed by atoms with Gasteiger partial charge in [-0.15, -0.1) is 0 Å². The Morgan fingerprint density at radius 1 is 0.972 bits per heavy atom. The molecule has 2 fully saturated rings. The van der Waals surface area contributed by atoms with Crippen molar-refractivity contribution in [2.75, 3.05) is 14.2 Å². The predicted molar refractivity (Wildman–Crippen MR) is 129 cm³/mol. The van der Waals surface area contributed by atoms with Crippen LogP contribution in [0.5, 0.6) is 0 Å². The first kappa shape index (κ1) is 23.9. The van der Waals surface area contributed by atoms with E-state index < -0.39 is 47.9 Å². The van der Waals surface area contributed by atoms with Gasteiger partial charge in [-0.2, -0.15) is 0 Å². The van der Waals surface area contributed by atoms with Crippen LogP contribution in [0.3, 0.4) is 0 Å². The number of nitro groups is 1. The van der Waals surface area contributed by atoms with Gasteiger partial charge in [-0.1, -0.05) is 72.8 Å². The number of methoxy groups -OCH3 is 1. The van der Waals surface area contributed by atoms with E-state index in [0.717, 1.165) is 4.90 Å². The Balaban J connectivity index is 1.74. The number of allylic oxidation sites excluding steroid dienone is 1. The molecule has 7 atom stereocenters. The molecule has 0 radical (unpaired) electrons. The third-order valence-corrected chi connectivity index (χ3v) is 7.82. The number of esters is 1. The zero-order chi connectivity index (χ0) is 25.6. The maximum atomic E-state index is 13.4. The van der Waals surface area contributed by atoms with Gasteiger partial charge in [0, 0.05) is 18.0 Å². The zero-order valence-corrected chi connectivity index (χ0v) is 20.0. The summed E-state index contributed by atoms with van der Waals surface area (Å²) >= 11 is 0. The lowest BCUT2D eigenvalue weighted by Gasteiger charge is -2.39. The molecule has 0 spiro atoms. The molecule has 0 unspecified atom stereocenters. The Morgan fingerprint density at radius 3 is 2.17 bits per heavy atom. The average Bonchev–Trinajstić information content (AvgIpc) is 3.38. The quantitative estimate of drug-likeness (QED) is 0.209. The molecular weight excluding hydrogens is 462 g/mol. The first-order valence-electron chi connectivity index (χ1n) is 11.9. The third kappa shape index (κ3) is 3.62. The van der Waals surface area contributed by atoms with E-state index in [4.69, 9.17) is 4.74 Å². The van der Waals surface area contributed by atoms with Crippen LogP contribution < -0.4 is 0 Å². The second-order valence-electron chi connectivity index (χ2n) is 9.51. The largest absolute Gasteiger partial charge is 0.468 e. The lowest BCUT2D eigenvalue weighted by Crippen LogP contribution is -2.52. The SMILES string of the molecule is COC(=O)[C@@H]1[C@H](c2ccccc2)[C@@H]([N+](=O)[O-])[C@H](c2ccccc2)N1[C@@H]1C=CC[C@@H]2C(=O)N(C)C(=O)[C@@H]21. The summed E-state index contributed by atoms with van der Waals surface area (Å²) in [5.41, 5.74) is 1.30. The summed E-state index contributed by atoms with van der Waals surface area (Å²) in [5.74, 6) is -3.37. The van der Waals surface area contributed by atoms with E-state index >= 15 is 0 Å². The van der Waals surface area contributed by atoms with E-state index in [2.05, 4.69) is 0 Å². The Labute approximate surface area is 208 Å².